The maximum Gasteiger partial charge on any atom is 0.267 e. The van der Waals surface area contributed by atoms with Crippen LogP contribution in [0.2, 0.25) is 0 Å². The van der Waals surface area contributed by atoms with Gasteiger partial charge in [0.25, 0.3) is 5.91 Å². The zero-order valence-electron chi connectivity index (χ0n) is 15.4. The van der Waals surface area contributed by atoms with Crippen molar-refractivity contribution in [2.45, 2.75) is 6.92 Å². The van der Waals surface area contributed by atoms with Gasteiger partial charge in [0.15, 0.2) is 0 Å². The zero-order valence-corrected chi connectivity index (χ0v) is 16.2. The molecular formula is C21H18N4O2S. The number of methoxy groups -OCH3 is 1. The van der Waals surface area contributed by atoms with E-state index in [1.54, 1.807) is 25.6 Å². The summed E-state index contributed by atoms with van der Waals surface area (Å²) in [4.78, 5) is 22.7. The molecule has 3 aromatic heterocycles. The van der Waals surface area contributed by atoms with Gasteiger partial charge >= 0.3 is 0 Å². The van der Waals surface area contributed by atoms with Crippen LogP contribution in [0.15, 0.2) is 54.9 Å². The van der Waals surface area contributed by atoms with Gasteiger partial charge in [-0.1, -0.05) is 0 Å². The van der Waals surface area contributed by atoms with Crippen LogP contribution in [0.25, 0.3) is 21.5 Å². The summed E-state index contributed by atoms with van der Waals surface area (Å²) in [6.07, 6.45) is 3.44. The molecule has 28 heavy (non-hydrogen) atoms. The van der Waals surface area contributed by atoms with Gasteiger partial charge in [-0.15, -0.1) is 11.3 Å². The summed E-state index contributed by atoms with van der Waals surface area (Å²) in [5.74, 6) is 0.490. The number of amides is 1. The third-order valence-electron chi connectivity index (χ3n) is 4.46. The second-order valence-electron chi connectivity index (χ2n) is 6.26. The number of anilines is 2. The second-order valence-corrected chi connectivity index (χ2v) is 7.26. The molecule has 0 bridgehead atoms. The molecule has 0 aliphatic heterocycles. The Kier molecular flexibility index (Phi) is 4.67. The van der Waals surface area contributed by atoms with E-state index < -0.39 is 0 Å². The van der Waals surface area contributed by atoms with Gasteiger partial charge in [0.1, 0.15) is 15.5 Å². The minimum Gasteiger partial charge on any atom is -0.497 e. The van der Waals surface area contributed by atoms with E-state index in [9.17, 15) is 4.79 Å². The van der Waals surface area contributed by atoms with Gasteiger partial charge in [0.05, 0.1) is 18.5 Å². The fourth-order valence-corrected chi connectivity index (χ4v) is 3.92. The fourth-order valence-electron chi connectivity index (χ4n) is 2.93. The Bertz CT molecular complexity index is 1170. The molecule has 0 atom stereocenters. The maximum atomic E-state index is 12.8. The lowest BCUT2D eigenvalue weighted by Crippen LogP contribution is -2.12. The fraction of sp³-hybridized carbons (Fsp3) is 0.0952. The van der Waals surface area contributed by atoms with Gasteiger partial charge in [-0.25, -0.2) is 4.98 Å². The van der Waals surface area contributed by atoms with Crippen LogP contribution in [0.5, 0.6) is 5.75 Å². The van der Waals surface area contributed by atoms with Crippen LogP contribution in [0, 0.1) is 6.92 Å². The number of hydrogen-bond acceptors (Lipinski definition) is 6. The van der Waals surface area contributed by atoms with Crippen LogP contribution in [0.3, 0.4) is 0 Å². The molecule has 3 N–H and O–H groups in total. The number of aromatic nitrogens is 2. The van der Waals surface area contributed by atoms with Gasteiger partial charge < -0.3 is 15.8 Å². The van der Waals surface area contributed by atoms with E-state index in [2.05, 4.69) is 15.3 Å². The van der Waals surface area contributed by atoms with Crippen LogP contribution in [-0.4, -0.2) is 23.0 Å². The number of hydrogen-bond donors (Lipinski definition) is 2. The quantitative estimate of drug-likeness (QED) is 0.535. The molecule has 0 unspecified atom stereocenters. The average Bonchev–Trinajstić information content (AvgIpc) is 3.06. The Hall–Kier alpha value is -3.45. The molecule has 0 radical (unpaired) electrons. The number of carbonyl (C=O) groups is 1. The number of nitrogens with one attached hydrogen (secondary N) is 1. The van der Waals surface area contributed by atoms with E-state index in [1.807, 2.05) is 43.3 Å². The first-order chi connectivity index (χ1) is 13.6. The van der Waals surface area contributed by atoms with Gasteiger partial charge in [0, 0.05) is 29.0 Å². The number of benzene rings is 1. The lowest BCUT2D eigenvalue weighted by atomic mass is 10.1. The van der Waals surface area contributed by atoms with Crippen molar-refractivity contribution in [3.8, 4) is 17.0 Å². The highest BCUT2D eigenvalue weighted by Crippen LogP contribution is 2.35. The first kappa shape index (κ1) is 17.9. The van der Waals surface area contributed by atoms with E-state index in [-0.39, 0.29) is 5.91 Å². The number of nitrogen functional groups attached to an aromatic ring is 1. The van der Waals surface area contributed by atoms with Crippen LogP contribution in [0.4, 0.5) is 11.4 Å². The molecule has 0 saturated carbocycles. The summed E-state index contributed by atoms with van der Waals surface area (Å²) in [6, 6.07) is 13.1. The Morgan fingerprint density at radius 3 is 2.64 bits per heavy atom. The summed E-state index contributed by atoms with van der Waals surface area (Å²) in [6.45, 7) is 1.91. The normalized spacial score (nSPS) is 10.8. The molecule has 3 heterocycles. The number of aryl methyl sites for hydroxylation is 1. The molecule has 4 aromatic rings. The Morgan fingerprint density at radius 1 is 1.14 bits per heavy atom. The molecule has 1 aromatic carbocycles. The summed E-state index contributed by atoms with van der Waals surface area (Å²) in [7, 11) is 1.61. The molecule has 1 amide bonds. The van der Waals surface area contributed by atoms with E-state index in [0.29, 0.717) is 16.3 Å². The van der Waals surface area contributed by atoms with Crippen molar-refractivity contribution in [2.24, 2.45) is 0 Å². The highest BCUT2D eigenvalue weighted by Gasteiger charge is 2.18. The smallest absolute Gasteiger partial charge is 0.267 e. The number of nitrogens with zero attached hydrogens (tertiary/aromatic N) is 2. The highest BCUT2D eigenvalue weighted by atomic mass is 32.1. The summed E-state index contributed by atoms with van der Waals surface area (Å²) >= 11 is 1.29. The van der Waals surface area contributed by atoms with Gasteiger partial charge in [-0.3, -0.25) is 9.78 Å². The summed E-state index contributed by atoms with van der Waals surface area (Å²) in [5.41, 5.74) is 10.1. The van der Waals surface area contributed by atoms with E-state index in [4.69, 9.17) is 10.5 Å². The SMILES string of the molecule is COc1ccc(NC(=O)c2sc3nc(-c4ccncc4)ccc3c2N)c(C)c1. The number of carbonyl (C=O) groups excluding carboxylic acids is 1. The van der Waals surface area contributed by atoms with Crippen molar-refractivity contribution in [2.75, 3.05) is 18.2 Å². The predicted molar refractivity (Wildman–Crippen MR) is 113 cm³/mol. The Balaban J connectivity index is 1.67. The van der Waals surface area contributed by atoms with Crippen molar-refractivity contribution >= 4 is 38.8 Å². The minimum absolute atomic E-state index is 0.251. The molecular weight excluding hydrogens is 372 g/mol. The van der Waals surface area contributed by atoms with Crippen LogP contribution < -0.4 is 15.8 Å². The maximum absolute atomic E-state index is 12.8. The average molecular weight is 390 g/mol. The number of pyridine rings is 2. The van der Waals surface area contributed by atoms with Gasteiger partial charge in [0.2, 0.25) is 0 Å². The van der Waals surface area contributed by atoms with Gasteiger partial charge in [-0.2, -0.15) is 0 Å². The standard InChI is InChI=1S/C21H18N4O2S/c1-12-11-14(27-2)3-5-16(12)24-20(26)19-18(22)15-4-6-17(25-21(15)28-19)13-7-9-23-10-8-13/h3-11H,22H2,1-2H3,(H,24,26). The van der Waals surface area contributed by atoms with E-state index in [1.165, 1.54) is 11.3 Å². The number of rotatable bonds is 4. The Labute approximate surface area is 166 Å². The molecule has 0 fully saturated rings. The van der Waals surface area contributed by atoms with Crippen molar-refractivity contribution in [1.82, 2.24) is 9.97 Å². The number of ether oxygens (including phenoxy) is 1. The van der Waals surface area contributed by atoms with Gasteiger partial charge in [-0.05, 0) is 55.0 Å². The molecule has 0 aliphatic carbocycles. The monoisotopic (exact) mass is 390 g/mol. The largest absolute Gasteiger partial charge is 0.497 e. The van der Waals surface area contributed by atoms with Crippen molar-refractivity contribution in [1.29, 1.82) is 0 Å². The molecule has 4 rings (SSSR count). The highest BCUT2D eigenvalue weighted by molar-refractivity contribution is 7.21. The Morgan fingerprint density at radius 2 is 1.93 bits per heavy atom. The van der Waals surface area contributed by atoms with Crippen LogP contribution in [0.1, 0.15) is 15.2 Å². The molecule has 6 nitrogen and oxygen atoms in total. The number of thiophene rings is 1. The number of nitrogens with two attached hydrogens (primary N) is 1. The van der Waals surface area contributed by atoms with E-state index >= 15 is 0 Å². The minimum atomic E-state index is -0.251. The summed E-state index contributed by atoms with van der Waals surface area (Å²) in [5, 5.41) is 3.70. The molecule has 0 aliphatic rings. The lowest BCUT2D eigenvalue weighted by Gasteiger charge is -2.09. The van der Waals surface area contributed by atoms with Crippen LogP contribution in [-0.2, 0) is 0 Å². The lowest BCUT2D eigenvalue weighted by molar-refractivity contribution is 0.103. The molecule has 140 valence electrons. The third kappa shape index (κ3) is 3.27. The first-order valence-corrected chi connectivity index (χ1v) is 9.44. The third-order valence-corrected chi connectivity index (χ3v) is 5.57. The van der Waals surface area contributed by atoms with E-state index in [0.717, 1.165) is 32.8 Å². The first-order valence-electron chi connectivity index (χ1n) is 8.62. The van der Waals surface area contributed by atoms with Crippen LogP contribution >= 0.6 is 11.3 Å². The topological polar surface area (TPSA) is 90.1 Å². The second kappa shape index (κ2) is 7.28. The zero-order chi connectivity index (χ0) is 19.7. The van der Waals surface area contributed by atoms with Crippen molar-refractivity contribution in [3.05, 3.63) is 65.3 Å². The summed E-state index contributed by atoms with van der Waals surface area (Å²) < 4.78 is 5.20. The number of fused-ring (bicyclic) bond motifs is 1. The van der Waals surface area contributed by atoms with Crippen molar-refractivity contribution < 1.29 is 9.53 Å². The molecule has 7 heteroatoms. The molecule has 0 saturated heterocycles. The molecule has 0 spiro atoms. The predicted octanol–water partition coefficient (Wildman–Crippen LogP) is 4.51. The van der Waals surface area contributed by atoms with Crippen molar-refractivity contribution in [3.63, 3.8) is 0 Å².